The normalized spacial score (nSPS) is 35.0. The second-order valence-corrected chi connectivity index (χ2v) is 6.79. The predicted octanol–water partition coefficient (Wildman–Crippen LogP) is 2.18. The van der Waals surface area contributed by atoms with Gasteiger partial charge >= 0.3 is 0 Å². The number of piperidine rings is 2. The van der Waals surface area contributed by atoms with E-state index in [4.69, 9.17) is 4.74 Å². The van der Waals surface area contributed by atoms with E-state index in [0.717, 1.165) is 64.7 Å². The molecule has 0 aromatic heterocycles. The van der Waals surface area contributed by atoms with Crippen molar-refractivity contribution < 1.29 is 9.53 Å². The Kier molecular flexibility index (Phi) is 5.08. The molecule has 0 spiro atoms. The monoisotopic (exact) mass is 282 g/mol. The highest BCUT2D eigenvalue weighted by Gasteiger charge is 2.44. The Hall–Kier alpha value is -0.610. The SMILES string of the molecule is CCCC1(C(=O)N2CCCC(C)(OC)C2)CCCNC1. The highest BCUT2D eigenvalue weighted by atomic mass is 16.5. The van der Waals surface area contributed by atoms with Crippen molar-refractivity contribution in [2.24, 2.45) is 5.41 Å². The first-order chi connectivity index (χ1) is 9.55. The van der Waals surface area contributed by atoms with Crippen LogP contribution in [0.2, 0.25) is 0 Å². The summed E-state index contributed by atoms with van der Waals surface area (Å²) in [4.78, 5) is 15.2. The lowest BCUT2D eigenvalue weighted by Gasteiger charge is -2.45. The van der Waals surface area contributed by atoms with E-state index in [-0.39, 0.29) is 11.0 Å². The van der Waals surface area contributed by atoms with E-state index in [1.807, 2.05) is 0 Å². The van der Waals surface area contributed by atoms with Gasteiger partial charge in [-0.15, -0.1) is 0 Å². The van der Waals surface area contributed by atoms with E-state index < -0.39 is 0 Å². The lowest BCUT2D eigenvalue weighted by atomic mass is 9.75. The first kappa shape index (κ1) is 15.8. The Morgan fingerprint density at radius 1 is 1.35 bits per heavy atom. The summed E-state index contributed by atoms with van der Waals surface area (Å²) in [5.41, 5.74) is -0.331. The molecule has 0 saturated carbocycles. The van der Waals surface area contributed by atoms with Crippen LogP contribution in [-0.4, -0.2) is 49.7 Å². The lowest BCUT2D eigenvalue weighted by Crippen LogP contribution is -2.57. The van der Waals surface area contributed by atoms with Crippen molar-refractivity contribution in [1.82, 2.24) is 10.2 Å². The van der Waals surface area contributed by atoms with Gasteiger partial charge in [-0.05, 0) is 45.6 Å². The van der Waals surface area contributed by atoms with Crippen molar-refractivity contribution in [3.05, 3.63) is 0 Å². The standard InChI is InChI=1S/C16H30N2O2/c1-4-7-16(9-5-10-17-12-16)14(19)18-11-6-8-15(2,13-18)20-3/h17H,4-13H2,1-3H3. The summed E-state index contributed by atoms with van der Waals surface area (Å²) in [6.07, 6.45) is 6.31. The smallest absolute Gasteiger partial charge is 0.230 e. The van der Waals surface area contributed by atoms with Gasteiger partial charge in [0.15, 0.2) is 0 Å². The molecular weight excluding hydrogens is 252 g/mol. The van der Waals surface area contributed by atoms with Gasteiger partial charge in [0.1, 0.15) is 0 Å². The van der Waals surface area contributed by atoms with Crippen molar-refractivity contribution in [2.45, 2.75) is 58.0 Å². The average molecular weight is 282 g/mol. The fourth-order valence-electron chi connectivity index (χ4n) is 3.83. The molecule has 4 heteroatoms. The zero-order valence-electron chi connectivity index (χ0n) is 13.3. The molecule has 116 valence electrons. The molecule has 1 amide bonds. The van der Waals surface area contributed by atoms with Crippen LogP contribution in [-0.2, 0) is 9.53 Å². The van der Waals surface area contributed by atoms with Crippen molar-refractivity contribution in [2.75, 3.05) is 33.3 Å². The number of methoxy groups -OCH3 is 1. The fraction of sp³-hybridized carbons (Fsp3) is 0.938. The molecule has 1 N–H and O–H groups in total. The maximum absolute atomic E-state index is 13.1. The topological polar surface area (TPSA) is 41.6 Å². The molecule has 2 atom stereocenters. The third kappa shape index (κ3) is 3.17. The summed E-state index contributed by atoms with van der Waals surface area (Å²) in [5, 5.41) is 3.44. The number of ether oxygens (including phenoxy) is 1. The first-order valence-corrected chi connectivity index (χ1v) is 8.10. The third-order valence-corrected chi connectivity index (χ3v) is 5.09. The second-order valence-electron chi connectivity index (χ2n) is 6.79. The van der Waals surface area contributed by atoms with Crippen LogP contribution in [0.4, 0.5) is 0 Å². The summed E-state index contributed by atoms with van der Waals surface area (Å²) >= 11 is 0. The molecule has 2 fully saturated rings. The van der Waals surface area contributed by atoms with Crippen molar-refractivity contribution in [3.63, 3.8) is 0 Å². The maximum atomic E-state index is 13.1. The lowest BCUT2D eigenvalue weighted by molar-refractivity contribution is -0.151. The minimum atomic E-state index is -0.168. The number of nitrogens with one attached hydrogen (secondary N) is 1. The molecular formula is C16H30N2O2. The van der Waals surface area contributed by atoms with Gasteiger partial charge in [-0.25, -0.2) is 0 Å². The van der Waals surface area contributed by atoms with E-state index in [2.05, 4.69) is 24.1 Å². The molecule has 2 aliphatic rings. The van der Waals surface area contributed by atoms with Gasteiger partial charge < -0.3 is 15.0 Å². The Morgan fingerprint density at radius 2 is 2.15 bits per heavy atom. The van der Waals surface area contributed by atoms with Crippen LogP contribution in [0.3, 0.4) is 0 Å². The first-order valence-electron chi connectivity index (χ1n) is 8.10. The van der Waals surface area contributed by atoms with E-state index in [1.54, 1.807) is 7.11 Å². The molecule has 0 radical (unpaired) electrons. The second kappa shape index (κ2) is 6.44. The number of hydrogen-bond donors (Lipinski definition) is 1. The largest absolute Gasteiger partial charge is 0.377 e. The molecule has 2 unspecified atom stereocenters. The molecule has 2 rings (SSSR count). The number of rotatable bonds is 4. The van der Waals surface area contributed by atoms with Crippen molar-refractivity contribution in [1.29, 1.82) is 0 Å². The summed E-state index contributed by atoms with van der Waals surface area (Å²) in [6, 6.07) is 0. The predicted molar refractivity (Wildman–Crippen MR) is 80.7 cm³/mol. The Morgan fingerprint density at radius 3 is 2.75 bits per heavy atom. The molecule has 0 aromatic carbocycles. The Bertz CT molecular complexity index is 334. The molecule has 2 aliphatic heterocycles. The number of carbonyl (C=O) groups is 1. The zero-order chi connectivity index (χ0) is 14.6. The van der Waals surface area contributed by atoms with Gasteiger partial charge in [-0.1, -0.05) is 13.3 Å². The van der Waals surface area contributed by atoms with Crippen LogP contribution >= 0.6 is 0 Å². The summed E-state index contributed by atoms with van der Waals surface area (Å²) in [7, 11) is 1.76. The fourth-order valence-corrected chi connectivity index (χ4v) is 3.83. The van der Waals surface area contributed by atoms with Gasteiger partial charge in [0.25, 0.3) is 0 Å². The number of carbonyl (C=O) groups excluding carboxylic acids is 1. The molecule has 0 aromatic rings. The van der Waals surface area contributed by atoms with E-state index in [0.29, 0.717) is 5.91 Å². The van der Waals surface area contributed by atoms with Crippen LogP contribution in [0.1, 0.15) is 52.4 Å². The van der Waals surface area contributed by atoms with Gasteiger partial charge in [0, 0.05) is 26.7 Å². The highest BCUT2D eigenvalue weighted by Crippen LogP contribution is 2.36. The minimum Gasteiger partial charge on any atom is -0.377 e. The molecule has 20 heavy (non-hydrogen) atoms. The van der Waals surface area contributed by atoms with Crippen LogP contribution < -0.4 is 5.32 Å². The summed E-state index contributed by atoms with van der Waals surface area (Å²) in [5.74, 6) is 0.356. The Labute approximate surface area is 123 Å². The van der Waals surface area contributed by atoms with E-state index >= 15 is 0 Å². The summed E-state index contributed by atoms with van der Waals surface area (Å²) < 4.78 is 5.63. The van der Waals surface area contributed by atoms with Gasteiger partial charge in [0.2, 0.25) is 5.91 Å². The molecule has 2 heterocycles. The minimum absolute atomic E-state index is 0.163. The van der Waals surface area contributed by atoms with E-state index in [1.165, 1.54) is 0 Å². The average Bonchev–Trinajstić information content (AvgIpc) is 2.48. The number of hydrogen-bond acceptors (Lipinski definition) is 3. The van der Waals surface area contributed by atoms with Gasteiger partial charge in [0.05, 0.1) is 11.0 Å². The molecule has 4 nitrogen and oxygen atoms in total. The summed E-state index contributed by atoms with van der Waals surface area (Å²) in [6.45, 7) is 7.84. The zero-order valence-corrected chi connectivity index (χ0v) is 13.3. The number of amides is 1. The number of nitrogens with zero attached hydrogens (tertiary/aromatic N) is 1. The van der Waals surface area contributed by atoms with Crippen molar-refractivity contribution in [3.8, 4) is 0 Å². The van der Waals surface area contributed by atoms with E-state index in [9.17, 15) is 4.79 Å². The van der Waals surface area contributed by atoms with Gasteiger partial charge in [-0.3, -0.25) is 4.79 Å². The van der Waals surface area contributed by atoms with Crippen LogP contribution in [0, 0.1) is 5.41 Å². The Balaban J connectivity index is 2.11. The van der Waals surface area contributed by atoms with Crippen molar-refractivity contribution >= 4 is 5.91 Å². The van der Waals surface area contributed by atoms with Crippen LogP contribution in [0.5, 0.6) is 0 Å². The van der Waals surface area contributed by atoms with Gasteiger partial charge in [-0.2, -0.15) is 0 Å². The molecule has 0 bridgehead atoms. The molecule has 0 aliphatic carbocycles. The maximum Gasteiger partial charge on any atom is 0.230 e. The quantitative estimate of drug-likeness (QED) is 0.859. The molecule has 2 saturated heterocycles. The van der Waals surface area contributed by atoms with Crippen LogP contribution in [0.25, 0.3) is 0 Å². The number of likely N-dealkylation sites (tertiary alicyclic amines) is 1. The highest BCUT2D eigenvalue weighted by molar-refractivity contribution is 5.83. The third-order valence-electron chi connectivity index (χ3n) is 5.09. The van der Waals surface area contributed by atoms with Crippen LogP contribution in [0.15, 0.2) is 0 Å².